The molecule has 0 radical (unpaired) electrons. The van der Waals surface area contributed by atoms with E-state index in [2.05, 4.69) is 0 Å². The van der Waals surface area contributed by atoms with Crippen molar-refractivity contribution >= 4 is 23.5 Å². The minimum absolute atomic E-state index is 0.139. The van der Waals surface area contributed by atoms with Crippen molar-refractivity contribution in [2.24, 2.45) is 11.3 Å². The molecule has 2 aliphatic heterocycles. The normalized spacial score (nSPS) is 28.2. The topological polar surface area (TPSA) is 66.8 Å². The van der Waals surface area contributed by atoms with E-state index in [-0.39, 0.29) is 18.4 Å². The summed E-state index contributed by atoms with van der Waals surface area (Å²) in [5.74, 6) is -1.12. The van der Waals surface area contributed by atoms with Crippen LogP contribution in [0.2, 0.25) is 5.02 Å². The summed E-state index contributed by atoms with van der Waals surface area (Å²) in [6.07, 6.45) is 0.456. The Morgan fingerprint density at radius 3 is 2.67 bits per heavy atom. The molecule has 2 heterocycles. The quantitative estimate of drug-likeness (QED) is 0.906. The lowest BCUT2D eigenvalue weighted by Gasteiger charge is -2.33. The van der Waals surface area contributed by atoms with E-state index in [9.17, 15) is 14.7 Å². The molecule has 5 nitrogen and oxygen atoms in total. The lowest BCUT2D eigenvalue weighted by atomic mass is 9.74. The van der Waals surface area contributed by atoms with Crippen LogP contribution in [0.4, 0.5) is 0 Å². The third kappa shape index (κ3) is 2.40. The van der Waals surface area contributed by atoms with Gasteiger partial charge >= 0.3 is 5.97 Å². The first kappa shape index (κ1) is 14.4. The van der Waals surface area contributed by atoms with E-state index in [0.29, 0.717) is 36.8 Å². The van der Waals surface area contributed by atoms with Crippen LogP contribution in [0.5, 0.6) is 0 Å². The molecule has 112 valence electrons. The highest BCUT2D eigenvalue weighted by atomic mass is 35.5. The monoisotopic (exact) mass is 309 g/mol. The summed E-state index contributed by atoms with van der Waals surface area (Å²) in [6, 6.07) is 6.65. The number of likely N-dealkylation sites (tertiary alicyclic amines) is 1. The molecular formula is C15H16ClNO4. The minimum atomic E-state index is -0.861. The average Bonchev–Trinajstić information content (AvgIpc) is 2.88. The first-order valence-electron chi connectivity index (χ1n) is 6.89. The second kappa shape index (κ2) is 5.31. The van der Waals surface area contributed by atoms with E-state index in [1.165, 1.54) is 0 Å². The molecule has 0 aromatic heterocycles. The number of aliphatic carboxylic acids is 1. The van der Waals surface area contributed by atoms with Crippen LogP contribution in [-0.2, 0) is 9.53 Å². The van der Waals surface area contributed by atoms with Gasteiger partial charge in [-0.25, -0.2) is 0 Å². The fourth-order valence-corrected chi connectivity index (χ4v) is 3.36. The molecule has 0 unspecified atom stereocenters. The maximum absolute atomic E-state index is 12.5. The van der Waals surface area contributed by atoms with Crippen LogP contribution in [0.15, 0.2) is 24.3 Å². The van der Waals surface area contributed by atoms with Crippen molar-refractivity contribution in [3.8, 4) is 0 Å². The maximum Gasteiger partial charge on any atom is 0.311 e. The summed E-state index contributed by atoms with van der Waals surface area (Å²) < 4.78 is 5.39. The summed E-state index contributed by atoms with van der Waals surface area (Å²) in [5.41, 5.74) is -0.333. The van der Waals surface area contributed by atoms with Gasteiger partial charge in [0.05, 0.1) is 12.0 Å². The van der Waals surface area contributed by atoms with Gasteiger partial charge in [-0.2, -0.15) is 0 Å². The highest BCUT2D eigenvalue weighted by Gasteiger charge is 2.54. The number of carboxylic acids is 1. The second-order valence-corrected chi connectivity index (χ2v) is 6.11. The predicted octanol–water partition coefficient (Wildman–Crippen LogP) is 1.90. The lowest BCUT2D eigenvalue weighted by molar-refractivity contribution is -0.157. The van der Waals surface area contributed by atoms with Crippen molar-refractivity contribution in [2.45, 2.75) is 6.42 Å². The smallest absolute Gasteiger partial charge is 0.311 e. The number of ether oxygens (including phenoxy) is 1. The van der Waals surface area contributed by atoms with Gasteiger partial charge in [0, 0.05) is 36.2 Å². The number of carboxylic acid groups (broad SMARTS) is 1. The van der Waals surface area contributed by atoms with Gasteiger partial charge in [-0.15, -0.1) is 0 Å². The zero-order valence-electron chi connectivity index (χ0n) is 11.4. The van der Waals surface area contributed by atoms with Crippen LogP contribution < -0.4 is 0 Å². The SMILES string of the molecule is O=C(c1ccc(Cl)cc1)N1C[C@H]2COCC[C@@]2(C(=O)O)C1. The maximum atomic E-state index is 12.5. The van der Waals surface area contributed by atoms with Gasteiger partial charge in [-0.1, -0.05) is 11.6 Å². The molecule has 1 aromatic rings. The highest BCUT2D eigenvalue weighted by molar-refractivity contribution is 6.30. The molecule has 2 saturated heterocycles. The van der Waals surface area contributed by atoms with Crippen molar-refractivity contribution in [3.63, 3.8) is 0 Å². The number of hydrogen-bond donors (Lipinski definition) is 1. The minimum Gasteiger partial charge on any atom is -0.481 e. The third-order valence-corrected chi connectivity index (χ3v) is 4.76. The van der Waals surface area contributed by atoms with Crippen LogP contribution >= 0.6 is 11.6 Å². The third-order valence-electron chi connectivity index (χ3n) is 4.51. The molecular weight excluding hydrogens is 294 g/mol. The zero-order chi connectivity index (χ0) is 15.0. The highest BCUT2D eigenvalue weighted by Crippen LogP contribution is 2.42. The molecule has 1 aromatic carbocycles. The van der Waals surface area contributed by atoms with Crippen LogP contribution in [0.3, 0.4) is 0 Å². The molecule has 0 saturated carbocycles. The second-order valence-electron chi connectivity index (χ2n) is 5.68. The van der Waals surface area contributed by atoms with Gasteiger partial charge in [-0.3, -0.25) is 9.59 Å². The summed E-state index contributed by atoms with van der Waals surface area (Å²) in [4.78, 5) is 25.8. The van der Waals surface area contributed by atoms with Crippen molar-refractivity contribution in [1.29, 1.82) is 0 Å². The van der Waals surface area contributed by atoms with Crippen LogP contribution in [0, 0.1) is 11.3 Å². The first-order valence-corrected chi connectivity index (χ1v) is 7.27. The number of carbonyl (C=O) groups is 2. The zero-order valence-corrected chi connectivity index (χ0v) is 12.2. The fraction of sp³-hybridized carbons (Fsp3) is 0.467. The van der Waals surface area contributed by atoms with E-state index in [4.69, 9.17) is 16.3 Å². The van der Waals surface area contributed by atoms with Crippen molar-refractivity contribution in [2.75, 3.05) is 26.3 Å². The van der Waals surface area contributed by atoms with E-state index in [0.717, 1.165) is 0 Å². The number of carbonyl (C=O) groups excluding carboxylic acids is 1. The van der Waals surface area contributed by atoms with Crippen LogP contribution in [-0.4, -0.2) is 48.2 Å². The Morgan fingerprint density at radius 1 is 1.33 bits per heavy atom. The summed E-state index contributed by atoms with van der Waals surface area (Å²) in [5, 5.41) is 10.2. The molecule has 6 heteroatoms. The van der Waals surface area contributed by atoms with Crippen LogP contribution in [0.1, 0.15) is 16.8 Å². The molecule has 0 aliphatic carbocycles. The summed E-state index contributed by atoms with van der Waals surface area (Å²) >= 11 is 5.82. The Labute approximate surface area is 127 Å². The standard InChI is InChI=1S/C15H16ClNO4/c16-12-3-1-10(2-4-12)13(18)17-7-11-8-21-6-5-15(11,9-17)14(19)20/h1-4,11H,5-9H2,(H,19,20)/t11-,15+/m0/s1. The molecule has 0 spiro atoms. The van der Waals surface area contributed by atoms with Gasteiger partial charge in [-0.05, 0) is 30.7 Å². The molecule has 3 rings (SSSR count). The molecule has 21 heavy (non-hydrogen) atoms. The Kier molecular flexibility index (Phi) is 3.63. The van der Waals surface area contributed by atoms with Gasteiger partial charge in [0.15, 0.2) is 0 Å². The van der Waals surface area contributed by atoms with Crippen LogP contribution in [0.25, 0.3) is 0 Å². The molecule has 2 fully saturated rings. The van der Waals surface area contributed by atoms with E-state index in [1.807, 2.05) is 0 Å². The Bertz CT molecular complexity index is 574. The molecule has 0 bridgehead atoms. The Hall–Kier alpha value is -1.59. The van der Waals surface area contributed by atoms with Gasteiger partial charge in [0.25, 0.3) is 5.91 Å². The van der Waals surface area contributed by atoms with Crippen molar-refractivity contribution in [3.05, 3.63) is 34.9 Å². The Balaban J connectivity index is 1.83. The predicted molar refractivity (Wildman–Crippen MR) is 76.4 cm³/mol. The van der Waals surface area contributed by atoms with Gasteiger partial charge in [0.1, 0.15) is 0 Å². The van der Waals surface area contributed by atoms with E-state index >= 15 is 0 Å². The number of halogens is 1. The number of fused-ring (bicyclic) bond motifs is 1. The molecule has 2 atom stereocenters. The average molecular weight is 310 g/mol. The van der Waals surface area contributed by atoms with Crippen molar-refractivity contribution < 1.29 is 19.4 Å². The molecule has 1 amide bonds. The van der Waals surface area contributed by atoms with Gasteiger partial charge in [0.2, 0.25) is 0 Å². The number of amides is 1. The van der Waals surface area contributed by atoms with E-state index in [1.54, 1.807) is 29.2 Å². The largest absolute Gasteiger partial charge is 0.481 e. The number of nitrogens with zero attached hydrogens (tertiary/aromatic N) is 1. The number of rotatable bonds is 2. The molecule has 1 N–H and O–H groups in total. The summed E-state index contributed by atoms with van der Waals surface area (Å²) in [7, 11) is 0. The number of hydrogen-bond acceptors (Lipinski definition) is 3. The number of benzene rings is 1. The molecule has 2 aliphatic rings. The lowest BCUT2D eigenvalue weighted by Crippen LogP contribution is -2.45. The summed E-state index contributed by atoms with van der Waals surface area (Å²) in [6.45, 7) is 1.51. The van der Waals surface area contributed by atoms with E-state index < -0.39 is 11.4 Å². The van der Waals surface area contributed by atoms with Gasteiger partial charge < -0.3 is 14.7 Å². The first-order chi connectivity index (χ1) is 10.0. The van der Waals surface area contributed by atoms with Crippen molar-refractivity contribution in [1.82, 2.24) is 4.90 Å². The fourth-order valence-electron chi connectivity index (χ4n) is 3.23. The Morgan fingerprint density at radius 2 is 2.05 bits per heavy atom.